The summed E-state index contributed by atoms with van der Waals surface area (Å²) in [6.07, 6.45) is 9.03. The van der Waals surface area contributed by atoms with E-state index in [0.717, 1.165) is 12.8 Å². The summed E-state index contributed by atoms with van der Waals surface area (Å²) in [4.78, 5) is 16.5. The van der Waals surface area contributed by atoms with Crippen molar-refractivity contribution in [3.8, 4) is 11.6 Å². The van der Waals surface area contributed by atoms with Crippen LogP contribution in [-0.4, -0.2) is 39.8 Å². The van der Waals surface area contributed by atoms with E-state index in [4.69, 9.17) is 9.15 Å². The Bertz CT molecular complexity index is 645. The van der Waals surface area contributed by atoms with Gasteiger partial charge in [0.15, 0.2) is 5.76 Å². The summed E-state index contributed by atoms with van der Waals surface area (Å²) in [7, 11) is 0. The molecule has 136 valence electrons. The Balaban J connectivity index is 1.40. The number of H-pyrrole nitrogens is 1. The fourth-order valence-electron chi connectivity index (χ4n) is 3.10. The smallest absolute Gasteiger partial charge is 0.248 e. The van der Waals surface area contributed by atoms with E-state index in [1.165, 1.54) is 25.7 Å². The molecule has 0 saturated heterocycles. The Hall–Kier alpha value is -2.15. The van der Waals surface area contributed by atoms with E-state index in [1.807, 2.05) is 6.92 Å². The highest BCUT2D eigenvalue weighted by atomic mass is 16.5. The average Bonchev–Trinajstić information content (AvgIpc) is 3.23. The SMILES string of the molecule is C[C@@H](OC1CCCCCC1)C(=O)NCCc1nc(-c2ccco2)n[nH]1. The van der Waals surface area contributed by atoms with Gasteiger partial charge >= 0.3 is 0 Å². The minimum atomic E-state index is -0.420. The third kappa shape index (κ3) is 5.16. The van der Waals surface area contributed by atoms with Crippen LogP contribution in [0.3, 0.4) is 0 Å². The first-order valence-corrected chi connectivity index (χ1v) is 9.10. The van der Waals surface area contributed by atoms with Crippen LogP contribution in [0.15, 0.2) is 22.8 Å². The molecule has 2 N–H and O–H groups in total. The van der Waals surface area contributed by atoms with Crippen molar-refractivity contribution in [1.29, 1.82) is 0 Å². The van der Waals surface area contributed by atoms with Crippen molar-refractivity contribution in [2.45, 2.75) is 64.1 Å². The predicted octanol–water partition coefficient (Wildman–Crippen LogP) is 2.85. The van der Waals surface area contributed by atoms with Crippen molar-refractivity contribution in [3.63, 3.8) is 0 Å². The van der Waals surface area contributed by atoms with E-state index in [1.54, 1.807) is 18.4 Å². The molecule has 2 aromatic rings. The molecule has 7 heteroatoms. The molecule has 2 aromatic heterocycles. The summed E-state index contributed by atoms with van der Waals surface area (Å²) in [6.45, 7) is 2.31. The van der Waals surface area contributed by atoms with Gasteiger partial charge in [-0.05, 0) is 31.9 Å². The number of ether oxygens (including phenoxy) is 1. The molecule has 0 aromatic carbocycles. The standard InChI is InChI=1S/C18H26N4O3/c1-13(25-14-7-4-2-3-5-8-14)18(23)19-11-10-16-20-17(22-21-16)15-9-6-12-24-15/h6,9,12-14H,2-5,7-8,10-11H2,1H3,(H,19,23)(H,20,21,22)/t13-/m1/s1. The highest BCUT2D eigenvalue weighted by Gasteiger charge is 2.20. The molecule has 25 heavy (non-hydrogen) atoms. The predicted molar refractivity (Wildman–Crippen MR) is 92.8 cm³/mol. The third-order valence-corrected chi connectivity index (χ3v) is 4.50. The molecule has 0 aliphatic heterocycles. The first-order valence-electron chi connectivity index (χ1n) is 9.10. The zero-order valence-corrected chi connectivity index (χ0v) is 14.7. The van der Waals surface area contributed by atoms with Gasteiger partial charge in [0.2, 0.25) is 11.7 Å². The van der Waals surface area contributed by atoms with E-state index in [2.05, 4.69) is 20.5 Å². The van der Waals surface area contributed by atoms with Crippen LogP contribution in [0, 0.1) is 0 Å². The Morgan fingerprint density at radius 1 is 1.40 bits per heavy atom. The normalized spacial score (nSPS) is 17.2. The Kier molecular flexibility index (Phi) is 6.22. The molecular formula is C18H26N4O3. The van der Waals surface area contributed by atoms with Gasteiger partial charge in [-0.3, -0.25) is 9.89 Å². The molecule has 1 amide bonds. The number of amides is 1. The van der Waals surface area contributed by atoms with E-state index in [0.29, 0.717) is 30.4 Å². The van der Waals surface area contributed by atoms with Crippen LogP contribution < -0.4 is 5.32 Å². The van der Waals surface area contributed by atoms with Crippen molar-refractivity contribution in [2.75, 3.05) is 6.54 Å². The molecule has 2 heterocycles. The summed E-state index contributed by atoms with van der Waals surface area (Å²) >= 11 is 0. The number of furan rings is 1. The van der Waals surface area contributed by atoms with Crippen LogP contribution in [0.2, 0.25) is 0 Å². The van der Waals surface area contributed by atoms with Crippen molar-refractivity contribution in [3.05, 3.63) is 24.2 Å². The average molecular weight is 346 g/mol. The maximum atomic E-state index is 12.2. The van der Waals surface area contributed by atoms with Crippen LogP contribution in [0.4, 0.5) is 0 Å². The van der Waals surface area contributed by atoms with Gasteiger partial charge in [-0.1, -0.05) is 25.7 Å². The van der Waals surface area contributed by atoms with Crippen LogP contribution in [0.25, 0.3) is 11.6 Å². The summed E-state index contributed by atoms with van der Waals surface area (Å²) in [6, 6.07) is 3.60. The van der Waals surface area contributed by atoms with E-state index in [9.17, 15) is 4.79 Å². The number of hydrogen-bond acceptors (Lipinski definition) is 5. The summed E-state index contributed by atoms with van der Waals surface area (Å²) in [5, 5.41) is 9.88. The Labute approximate surface area is 147 Å². The fraction of sp³-hybridized carbons (Fsp3) is 0.611. The second-order valence-corrected chi connectivity index (χ2v) is 6.52. The van der Waals surface area contributed by atoms with Crippen LogP contribution in [0.1, 0.15) is 51.3 Å². The molecule has 0 spiro atoms. The molecule has 0 radical (unpaired) electrons. The van der Waals surface area contributed by atoms with Gasteiger partial charge in [-0.15, -0.1) is 0 Å². The molecule has 0 unspecified atom stereocenters. The number of nitrogens with zero attached hydrogens (tertiary/aromatic N) is 2. The zero-order valence-electron chi connectivity index (χ0n) is 14.7. The zero-order chi connectivity index (χ0) is 17.5. The molecule has 0 bridgehead atoms. The topological polar surface area (TPSA) is 93.0 Å². The molecular weight excluding hydrogens is 320 g/mol. The second kappa shape index (κ2) is 8.80. The summed E-state index contributed by atoms with van der Waals surface area (Å²) in [5.41, 5.74) is 0. The number of hydrogen-bond donors (Lipinski definition) is 2. The number of aromatic amines is 1. The minimum absolute atomic E-state index is 0.0741. The molecule has 3 rings (SSSR count). The number of aromatic nitrogens is 3. The van der Waals surface area contributed by atoms with E-state index in [-0.39, 0.29) is 12.0 Å². The molecule has 1 saturated carbocycles. The number of carbonyl (C=O) groups excluding carboxylic acids is 1. The summed E-state index contributed by atoms with van der Waals surface area (Å²) in [5.74, 6) is 1.78. The van der Waals surface area contributed by atoms with Crippen LogP contribution >= 0.6 is 0 Å². The molecule has 7 nitrogen and oxygen atoms in total. The van der Waals surface area contributed by atoms with Gasteiger partial charge in [-0.25, -0.2) is 4.98 Å². The molecule has 1 aliphatic rings. The van der Waals surface area contributed by atoms with Crippen LogP contribution in [0.5, 0.6) is 0 Å². The largest absolute Gasteiger partial charge is 0.461 e. The van der Waals surface area contributed by atoms with Gasteiger partial charge in [-0.2, -0.15) is 5.10 Å². The van der Waals surface area contributed by atoms with Gasteiger partial charge in [0.05, 0.1) is 12.4 Å². The number of rotatable bonds is 7. The lowest BCUT2D eigenvalue weighted by molar-refractivity contribution is -0.135. The first kappa shape index (κ1) is 17.7. The van der Waals surface area contributed by atoms with Crippen molar-refractivity contribution in [2.24, 2.45) is 0 Å². The van der Waals surface area contributed by atoms with Gasteiger partial charge < -0.3 is 14.5 Å². The van der Waals surface area contributed by atoms with Crippen molar-refractivity contribution < 1.29 is 13.9 Å². The maximum Gasteiger partial charge on any atom is 0.248 e. The van der Waals surface area contributed by atoms with E-state index >= 15 is 0 Å². The Morgan fingerprint density at radius 2 is 2.20 bits per heavy atom. The minimum Gasteiger partial charge on any atom is -0.461 e. The molecule has 1 aliphatic carbocycles. The van der Waals surface area contributed by atoms with Crippen LogP contribution in [-0.2, 0) is 16.0 Å². The third-order valence-electron chi connectivity index (χ3n) is 4.50. The summed E-state index contributed by atoms with van der Waals surface area (Å²) < 4.78 is 11.2. The molecule has 1 fully saturated rings. The quantitative estimate of drug-likeness (QED) is 0.752. The van der Waals surface area contributed by atoms with Gasteiger partial charge in [0.25, 0.3) is 0 Å². The van der Waals surface area contributed by atoms with Crippen molar-refractivity contribution in [1.82, 2.24) is 20.5 Å². The van der Waals surface area contributed by atoms with Crippen molar-refractivity contribution >= 4 is 5.91 Å². The second-order valence-electron chi connectivity index (χ2n) is 6.52. The first-order chi connectivity index (χ1) is 12.2. The lowest BCUT2D eigenvalue weighted by Crippen LogP contribution is -2.37. The number of nitrogens with one attached hydrogen (secondary N) is 2. The monoisotopic (exact) mass is 346 g/mol. The maximum absolute atomic E-state index is 12.2. The lowest BCUT2D eigenvalue weighted by atomic mass is 10.1. The highest BCUT2D eigenvalue weighted by molar-refractivity contribution is 5.80. The van der Waals surface area contributed by atoms with Gasteiger partial charge in [0.1, 0.15) is 11.9 Å². The molecule has 1 atom stereocenters. The highest BCUT2D eigenvalue weighted by Crippen LogP contribution is 2.21. The lowest BCUT2D eigenvalue weighted by Gasteiger charge is -2.20. The fourth-order valence-corrected chi connectivity index (χ4v) is 3.10. The Morgan fingerprint density at radius 3 is 2.92 bits per heavy atom. The van der Waals surface area contributed by atoms with Gasteiger partial charge in [0, 0.05) is 13.0 Å². The number of carbonyl (C=O) groups is 1. The van der Waals surface area contributed by atoms with E-state index < -0.39 is 6.10 Å².